The van der Waals surface area contributed by atoms with E-state index in [2.05, 4.69) is 0 Å². The lowest BCUT2D eigenvalue weighted by Gasteiger charge is -2.10. The lowest BCUT2D eigenvalue weighted by atomic mass is 10.2. The molecule has 0 spiro atoms. The van der Waals surface area contributed by atoms with E-state index in [1.54, 1.807) is 7.11 Å². The van der Waals surface area contributed by atoms with E-state index in [0.29, 0.717) is 24.7 Å². The molecular weight excluding hydrogens is 182 g/mol. The van der Waals surface area contributed by atoms with Crippen molar-refractivity contribution in [3.8, 4) is 11.5 Å². The van der Waals surface area contributed by atoms with Crippen molar-refractivity contribution < 1.29 is 14.7 Å². The molecule has 0 aliphatic rings. The van der Waals surface area contributed by atoms with E-state index < -0.39 is 0 Å². The number of hydrogen-bond donors (Lipinski definition) is 2. The highest BCUT2D eigenvalue weighted by Gasteiger charge is 2.03. The number of rotatable bonds is 5. The van der Waals surface area contributed by atoms with Crippen molar-refractivity contribution in [2.45, 2.75) is 6.92 Å². The number of methoxy groups -OCH3 is 1. The summed E-state index contributed by atoms with van der Waals surface area (Å²) in [6.07, 6.45) is 0. The van der Waals surface area contributed by atoms with Gasteiger partial charge in [-0.2, -0.15) is 0 Å². The van der Waals surface area contributed by atoms with Gasteiger partial charge in [0.05, 0.1) is 13.7 Å². The fraction of sp³-hybridized carbons (Fsp3) is 0.400. The lowest BCUT2D eigenvalue weighted by molar-refractivity contribution is 0.144. The van der Waals surface area contributed by atoms with Crippen LogP contribution in [-0.4, -0.2) is 25.5 Å². The van der Waals surface area contributed by atoms with Crippen LogP contribution < -0.4 is 15.0 Å². The molecule has 4 nitrogen and oxygen atoms in total. The van der Waals surface area contributed by atoms with Crippen molar-refractivity contribution in [1.82, 2.24) is 5.48 Å². The molecule has 2 N–H and O–H groups in total. The summed E-state index contributed by atoms with van der Waals surface area (Å²) in [6.45, 7) is 2.77. The van der Waals surface area contributed by atoms with Crippen LogP contribution in [-0.2, 0) is 0 Å². The third kappa shape index (κ3) is 2.90. The minimum absolute atomic E-state index is 0.386. The quantitative estimate of drug-likeness (QED) is 0.553. The molecule has 0 unspecified atom stereocenters. The molecule has 0 aliphatic heterocycles. The van der Waals surface area contributed by atoms with E-state index in [1.165, 1.54) is 0 Å². The molecular formula is C10H15NO3. The smallest absolute Gasteiger partial charge is 0.161 e. The zero-order chi connectivity index (χ0) is 10.4. The van der Waals surface area contributed by atoms with Gasteiger partial charge in [-0.3, -0.25) is 0 Å². The summed E-state index contributed by atoms with van der Waals surface area (Å²) < 4.78 is 10.5. The Hall–Kier alpha value is -1.26. The first-order valence-corrected chi connectivity index (χ1v) is 4.42. The Morgan fingerprint density at radius 3 is 2.79 bits per heavy atom. The molecule has 0 aromatic heterocycles. The Labute approximate surface area is 83.4 Å². The standard InChI is InChI=1S/C10H15NO3/c1-8-3-4-9(10(7-8)13-2)14-6-5-11-12/h3-4,7,11-12H,5-6H2,1-2H3. The lowest BCUT2D eigenvalue weighted by Crippen LogP contribution is -2.16. The Balaban J connectivity index is 2.65. The van der Waals surface area contributed by atoms with E-state index in [4.69, 9.17) is 14.7 Å². The molecule has 14 heavy (non-hydrogen) atoms. The van der Waals surface area contributed by atoms with Gasteiger partial charge in [-0.1, -0.05) is 6.07 Å². The van der Waals surface area contributed by atoms with Crippen LogP contribution in [0.25, 0.3) is 0 Å². The number of aryl methyl sites for hydroxylation is 1. The Kier molecular flexibility index (Phi) is 4.22. The second-order valence-corrected chi connectivity index (χ2v) is 2.91. The van der Waals surface area contributed by atoms with Crippen molar-refractivity contribution in [2.75, 3.05) is 20.3 Å². The Morgan fingerprint density at radius 1 is 1.36 bits per heavy atom. The summed E-state index contributed by atoms with van der Waals surface area (Å²) in [7, 11) is 1.60. The van der Waals surface area contributed by atoms with Crippen molar-refractivity contribution in [2.24, 2.45) is 0 Å². The van der Waals surface area contributed by atoms with Crippen LogP contribution in [0.15, 0.2) is 18.2 Å². The monoisotopic (exact) mass is 197 g/mol. The zero-order valence-corrected chi connectivity index (χ0v) is 8.41. The third-order valence-electron chi connectivity index (χ3n) is 1.79. The predicted octanol–water partition coefficient (Wildman–Crippen LogP) is 1.36. The van der Waals surface area contributed by atoms with Gasteiger partial charge in [0.25, 0.3) is 0 Å². The van der Waals surface area contributed by atoms with Gasteiger partial charge in [-0.15, -0.1) is 0 Å². The van der Waals surface area contributed by atoms with Gasteiger partial charge in [-0.05, 0) is 24.6 Å². The van der Waals surface area contributed by atoms with E-state index >= 15 is 0 Å². The highest BCUT2D eigenvalue weighted by molar-refractivity contribution is 5.42. The van der Waals surface area contributed by atoms with Gasteiger partial charge in [0.15, 0.2) is 11.5 Å². The topological polar surface area (TPSA) is 50.7 Å². The zero-order valence-electron chi connectivity index (χ0n) is 8.41. The van der Waals surface area contributed by atoms with Crippen molar-refractivity contribution in [3.05, 3.63) is 23.8 Å². The summed E-state index contributed by atoms with van der Waals surface area (Å²) in [5.41, 5.74) is 3.14. The largest absolute Gasteiger partial charge is 0.493 e. The minimum Gasteiger partial charge on any atom is -0.493 e. The average Bonchev–Trinajstić information content (AvgIpc) is 2.20. The van der Waals surface area contributed by atoms with E-state index in [1.807, 2.05) is 30.6 Å². The molecule has 0 fully saturated rings. The van der Waals surface area contributed by atoms with Gasteiger partial charge in [0, 0.05) is 0 Å². The number of hydrogen-bond acceptors (Lipinski definition) is 4. The normalized spacial score (nSPS) is 9.93. The summed E-state index contributed by atoms with van der Waals surface area (Å²) >= 11 is 0. The highest BCUT2D eigenvalue weighted by Crippen LogP contribution is 2.27. The van der Waals surface area contributed by atoms with Crippen LogP contribution in [0, 0.1) is 6.92 Å². The van der Waals surface area contributed by atoms with E-state index in [-0.39, 0.29) is 0 Å². The molecule has 0 radical (unpaired) electrons. The van der Waals surface area contributed by atoms with Crippen molar-refractivity contribution >= 4 is 0 Å². The van der Waals surface area contributed by atoms with Gasteiger partial charge < -0.3 is 14.7 Å². The van der Waals surface area contributed by atoms with E-state index in [9.17, 15) is 0 Å². The number of benzene rings is 1. The molecule has 0 saturated carbocycles. The molecule has 78 valence electrons. The number of ether oxygens (including phenoxy) is 2. The van der Waals surface area contributed by atoms with Gasteiger partial charge >= 0.3 is 0 Å². The summed E-state index contributed by atoms with van der Waals surface area (Å²) in [5.74, 6) is 1.40. The van der Waals surface area contributed by atoms with Crippen molar-refractivity contribution in [1.29, 1.82) is 0 Å². The SMILES string of the molecule is COc1cc(C)ccc1OCCNO. The molecule has 1 rings (SSSR count). The maximum Gasteiger partial charge on any atom is 0.161 e. The molecule has 0 heterocycles. The third-order valence-corrected chi connectivity index (χ3v) is 1.79. The molecule has 0 amide bonds. The van der Waals surface area contributed by atoms with E-state index in [0.717, 1.165) is 5.56 Å². The fourth-order valence-electron chi connectivity index (χ4n) is 1.10. The molecule has 1 aromatic carbocycles. The first-order valence-electron chi connectivity index (χ1n) is 4.42. The number of nitrogens with one attached hydrogen (secondary N) is 1. The maximum atomic E-state index is 8.35. The first-order chi connectivity index (χ1) is 6.77. The van der Waals surface area contributed by atoms with Crippen LogP contribution in [0.4, 0.5) is 0 Å². The van der Waals surface area contributed by atoms with Crippen LogP contribution in [0.3, 0.4) is 0 Å². The molecule has 0 aliphatic carbocycles. The molecule has 1 aromatic rings. The van der Waals surface area contributed by atoms with Gasteiger partial charge in [0.1, 0.15) is 6.61 Å². The molecule has 0 saturated heterocycles. The predicted molar refractivity (Wildman–Crippen MR) is 53.0 cm³/mol. The van der Waals surface area contributed by atoms with Crippen LogP contribution >= 0.6 is 0 Å². The summed E-state index contributed by atoms with van der Waals surface area (Å²) in [4.78, 5) is 0. The van der Waals surface area contributed by atoms with Gasteiger partial charge in [0.2, 0.25) is 0 Å². The number of hydroxylamine groups is 1. The van der Waals surface area contributed by atoms with Crippen LogP contribution in [0.2, 0.25) is 0 Å². The molecule has 4 heteroatoms. The first kappa shape index (κ1) is 10.8. The Morgan fingerprint density at radius 2 is 2.14 bits per heavy atom. The van der Waals surface area contributed by atoms with Crippen LogP contribution in [0.1, 0.15) is 5.56 Å². The summed E-state index contributed by atoms with van der Waals surface area (Å²) in [5, 5.41) is 8.35. The highest BCUT2D eigenvalue weighted by atomic mass is 16.5. The Bertz CT molecular complexity index is 289. The second-order valence-electron chi connectivity index (χ2n) is 2.91. The molecule has 0 bridgehead atoms. The second kappa shape index (κ2) is 5.47. The fourth-order valence-corrected chi connectivity index (χ4v) is 1.10. The van der Waals surface area contributed by atoms with Crippen LogP contribution in [0.5, 0.6) is 11.5 Å². The van der Waals surface area contributed by atoms with Crippen molar-refractivity contribution in [3.63, 3.8) is 0 Å². The average molecular weight is 197 g/mol. The van der Waals surface area contributed by atoms with Gasteiger partial charge in [-0.25, -0.2) is 5.48 Å². The molecule has 0 atom stereocenters. The maximum absolute atomic E-state index is 8.35. The minimum atomic E-state index is 0.386. The summed E-state index contributed by atoms with van der Waals surface area (Å²) in [6, 6.07) is 5.71.